The number of hydrogen-bond donors (Lipinski definition) is 1. The molecule has 2 fully saturated rings. The van der Waals surface area contributed by atoms with Crippen molar-refractivity contribution in [3.05, 3.63) is 22.4 Å². The van der Waals surface area contributed by atoms with Gasteiger partial charge in [-0.2, -0.15) is 0 Å². The SMILES string of the molecule is NCCN1C(=O)CC[C@H]2CN(C(=O)CCCc3cccs3)CC[C@H]21. The number of carbonyl (C=O) groups is 2. The van der Waals surface area contributed by atoms with Gasteiger partial charge in [0.2, 0.25) is 11.8 Å². The molecule has 0 saturated carbocycles. The molecule has 0 radical (unpaired) electrons. The Morgan fingerprint density at radius 2 is 2.25 bits per heavy atom. The van der Waals surface area contributed by atoms with Gasteiger partial charge in [0, 0.05) is 49.9 Å². The van der Waals surface area contributed by atoms with Crippen LogP contribution in [0.15, 0.2) is 17.5 Å². The van der Waals surface area contributed by atoms with E-state index in [1.807, 2.05) is 9.80 Å². The monoisotopic (exact) mass is 349 g/mol. The summed E-state index contributed by atoms with van der Waals surface area (Å²) in [6.45, 7) is 2.74. The van der Waals surface area contributed by atoms with Crippen molar-refractivity contribution >= 4 is 23.2 Å². The number of amides is 2. The number of aryl methyl sites for hydroxylation is 1. The highest BCUT2D eigenvalue weighted by atomic mass is 32.1. The Hall–Kier alpha value is -1.40. The largest absolute Gasteiger partial charge is 0.342 e. The molecule has 3 rings (SSSR count). The van der Waals surface area contributed by atoms with Gasteiger partial charge in [-0.25, -0.2) is 0 Å². The Labute approximate surface area is 147 Å². The Kier molecular flexibility index (Phi) is 5.89. The van der Waals surface area contributed by atoms with Crippen molar-refractivity contribution in [1.82, 2.24) is 9.80 Å². The number of nitrogens with two attached hydrogens (primary N) is 1. The van der Waals surface area contributed by atoms with Gasteiger partial charge in [-0.3, -0.25) is 9.59 Å². The summed E-state index contributed by atoms with van der Waals surface area (Å²) in [5.41, 5.74) is 5.66. The highest BCUT2D eigenvalue weighted by molar-refractivity contribution is 7.09. The summed E-state index contributed by atoms with van der Waals surface area (Å²) in [5, 5.41) is 2.08. The molecule has 2 atom stereocenters. The van der Waals surface area contributed by atoms with Crippen molar-refractivity contribution in [2.24, 2.45) is 11.7 Å². The highest BCUT2D eigenvalue weighted by Gasteiger charge is 2.39. The van der Waals surface area contributed by atoms with Crippen molar-refractivity contribution in [1.29, 1.82) is 0 Å². The van der Waals surface area contributed by atoms with Gasteiger partial charge in [0.05, 0.1) is 0 Å². The summed E-state index contributed by atoms with van der Waals surface area (Å²) in [6, 6.07) is 4.47. The van der Waals surface area contributed by atoms with E-state index in [9.17, 15) is 9.59 Å². The maximum Gasteiger partial charge on any atom is 0.222 e. The number of thiophene rings is 1. The zero-order chi connectivity index (χ0) is 16.9. The molecule has 0 bridgehead atoms. The molecule has 0 unspecified atom stereocenters. The first kappa shape index (κ1) is 17.4. The molecule has 0 aromatic carbocycles. The van der Waals surface area contributed by atoms with Crippen LogP contribution in [0.4, 0.5) is 0 Å². The first-order valence-corrected chi connectivity index (χ1v) is 9.86. The van der Waals surface area contributed by atoms with E-state index in [-0.39, 0.29) is 17.9 Å². The topological polar surface area (TPSA) is 66.6 Å². The molecule has 2 saturated heterocycles. The molecular weight excluding hydrogens is 322 g/mol. The van der Waals surface area contributed by atoms with E-state index in [2.05, 4.69) is 17.5 Å². The molecule has 2 N–H and O–H groups in total. The quantitative estimate of drug-likeness (QED) is 0.852. The van der Waals surface area contributed by atoms with Crippen LogP contribution in [0, 0.1) is 5.92 Å². The van der Waals surface area contributed by atoms with Crippen molar-refractivity contribution in [2.75, 3.05) is 26.2 Å². The number of rotatable bonds is 6. The van der Waals surface area contributed by atoms with Gasteiger partial charge >= 0.3 is 0 Å². The van der Waals surface area contributed by atoms with E-state index >= 15 is 0 Å². The molecular formula is C18H27N3O2S. The second kappa shape index (κ2) is 8.12. The number of hydrogen-bond acceptors (Lipinski definition) is 4. The minimum absolute atomic E-state index is 0.234. The average Bonchev–Trinajstić information content (AvgIpc) is 3.10. The van der Waals surface area contributed by atoms with Gasteiger partial charge in [0.1, 0.15) is 0 Å². The average molecular weight is 350 g/mol. The first-order chi connectivity index (χ1) is 11.7. The van der Waals surface area contributed by atoms with Gasteiger partial charge < -0.3 is 15.5 Å². The molecule has 1 aromatic heterocycles. The lowest BCUT2D eigenvalue weighted by Crippen LogP contribution is -2.57. The lowest BCUT2D eigenvalue weighted by molar-refractivity contribution is -0.144. The van der Waals surface area contributed by atoms with Crippen LogP contribution in [-0.2, 0) is 16.0 Å². The third-order valence-electron chi connectivity index (χ3n) is 5.26. The van der Waals surface area contributed by atoms with Crippen LogP contribution in [-0.4, -0.2) is 53.8 Å². The van der Waals surface area contributed by atoms with Crippen LogP contribution >= 0.6 is 11.3 Å². The minimum atomic E-state index is 0.234. The summed E-state index contributed by atoms with van der Waals surface area (Å²) < 4.78 is 0. The first-order valence-electron chi connectivity index (χ1n) is 8.98. The van der Waals surface area contributed by atoms with E-state index in [1.165, 1.54) is 4.88 Å². The van der Waals surface area contributed by atoms with Crippen LogP contribution in [0.2, 0.25) is 0 Å². The van der Waals surface area contributed by atoms with Crippen LogP contribution in [0.3, 0.4) is 0 Å². The molecule has 2 aliphatic heterocycles. The maximum absolute atomic E-state index is 12.5. The van der Waals surface area contributed by atoms with Crippen molar-refractivity contribution in [3.8, 4) is 0 Å². The normalized spacial score (nSPS) is 24.1. The van der Waals surface area contributed by atoms with Crippen LogP contribution in [0.25, 0.3) is 0 Å². The second-order valence-electron chi connectivity index (χ2n) is 6.80. The molecule has 0 spiro atoms. The van der Waals surface area contributed by atoms with E-state index in [0.717, 1.165) is 38.8 Å². The van der Waals surface area contributed by atoms with Crippen LogP contribution in [0.1, 0.15) is 37.0 Å². The number of piperidine rings is 2. The summed E-state index contributed by atoms with van der Waals surface area (Å²) in [5.74, 6) is 0.925. The fourth-order valence-electron chi connectivity index (χ4n) is 4.03. The molecule has 5 nitrogen and oxygen atoms in total. The molecule has 132 valence electrons. The highest BCUT2D eigenvalue weighted by Crippen LogP contribution is 2.31. The predicted octanol–water partition coefficient (Wildman–Crippen LogP) is 1.87. The molecule has 6 heteroatoms. The van der Waals surface area contributed by atoms with Gasteiger partial charge in [-0.15, -0.1) is 11.3 Å². The zero-order valence-corrected chi connectivity index (χ0v) is 15.0. The van der Waals surface area contributed by atoms with E-state index in [4.69, 9.17) is 5.73 Å². The van der Waals surface area contributed by atoms with Gasteiger partial charge in [-0.1, -0.05) is 6.07 Å². The Morgan fingerprint density at radius 1 is 1.38 bits per heavy atom. The van der Waals surface area contributed by atoms with Crippen molar-refractivity contribution in [3.63, 3.8) is 0 Å². The smallest absolute Gasteiger partial charge is 0.222 e. The number of carbonyl (C=O) groups excluding carboxylic acids is 2. The van der Waals surface area contributed by atoms with Gasteiger partial charge in [0.15, 0.2) is 0 Å². The molecule has 0 aliphatic carbocycles. The fourth-order valence-corrected chi connectivity index (χ4v) is 4.79. The molecule has 2 aliphatic rings. The van der Waals surface area contributed by atoms with Crippen molar-refractivity contribution in [2.45, 2.75) is 44.6 Å². The van der Waals surface area contributed by atoms with Crippen LogP contribution < -0.4 is 5.73 Å². The van der Waals surface area contributed by atoms with E-state index in [0.29, 0.717) is 31.8 Å². The Balaban J connectivity index is 1.49. The molecule has 1 aromatic rings. The second-order valence-corrected chi connectivity index (χ2v) is 7.84. The van der Waals surface area contributed by atoms with Crippen LogP contribution in [0.5, 0.6) is 0 Å². The molecule has 3 heterocycles. The number of nitrogens with zero attached hydrogens (tertiary/aromatic N) is 2. The molecule has 24 heavy (non-hydrogen) atoms. The predicted molar refractivity (Wildman–Crippen MR) is 95.7 cm³/mol. The van der Waals surface area contributed by atoms with Gasteiger partial charge in [-0.05, 0) is 43.0 Å². The summed E-state index contributed by atoms with van der Waals surface area (Å²) in [6.07, 6.45) is 4.93. The molecule has 2 amide bonds. The summed E-state index contributed by atoms with van der Waals surface area (Å²) in [4.78, 5) is 29.9. The third kappa shape index (κ3) is 3.98. The van der Waals surface area contributed by atoms with Gasteiger partial charge in [0.25, 0.3) is 0 Å². The standard InChI is InChI=1S/C18H27N3O2S/c19-9-11-21-16-8-10-20(13-14(16)6-7-18(21)23)17(22)5-1-3-15-4-2-12-24-15/h2,4,12,14,16H,1,3,5-11,13,19H2/t14-,16+/m0/s1. The summed E-state index contributed by atoms with van der Waals surface area (Å²) in [7, 11) is 0. The van der Waals surface area contributed by atoms with Crippen molar-refractivity contribution < 1.29 is 9.59 Å². The number of likely N-dealkylation sites (tertiary alicyclic amines) is 2. The lowest BCUT2D eigenvalue weighted by Gasteiger charge is -2.47. The minimum Gasteiger partial charge on any atom is -0.342 e. The van der Waals surface area contributed by atoms with E-state index < -0.39 is 0 Å². The van der Waals surface area contributed by atoms with E-state index in [1.54, 1.807) is 11.3 Å². The lowest BCUT2D eigenvalue weighted by atomic mass is 9.83. The Bertz CT molecular complexity index is 561. The maximum atomic E-state index is 12.5. The fraction of sp³-hybridized carbons (Fsp3) is 0.667. The Morgan fingerprint density at radius 3 is 3.00 bits per heavy atom. The number of fused-ring (bicyclic) bond motifs is 1. The zero-order valence-electron chi connectivity index (χ0n) is 14.2. The third-order valence-corrected chi connectivity index (χ3v) is 6.20. The summed E-state index contributed by atoms with van der Waals surface area (Å²) >= 11 is 1.76.